The molecule has 1 heterocycles. The fourth-order valence-electron chi connectivity index (χ4n) is 1.57. The first kappa shape index (κ1) is 13.8. The third-order valence-electron chi connectivity index (χ3n) is 2.54. The summed E-state index contributed by atoms with van der Waals surface area (Å²) in [4.78, 5) is 7.79. The van der Waals surface area contributed by atoms with Gasteiger partial charge in [-0.05, 0) is 19.7 Å². The van der Waals surface area contributed by atoms with Crippen molar-refractivity contribution in [3.05, 3.63) is 11.1 Å². The fraction of sp³-hybridized carbons (Fsp3) is 0.700. The molecule has 0 amide bonds. The summed E-state index contributed by atoms with van der Waals surface area (Å²) in [7, 11) is 2.17. The van der Waals surface area contributed by atoms with Crippen LogP contribution in [0.4, 0.5) is 5.13 Å². The Morgan fingerprint density at radius 1 is 1.69 bits per heavy atom. The minimum atomic E-state index is 0.631. The van der Waals surface area contributed by atoms with Gasteiger partial charge in [-0.1, -0.05) is 18.3 Å². The molecular formula is C10H20N4S2. The van der Waals surface area contributed by atoms with E-state index in [1.54, 1.807) is 11.3 Å². The molecule has 1 atom stereocenters. The fourth-order valence-corrected chi connectivity index (χ4v) is 3.23. The Hall–Kier alpha value is -0.300. The summed E-state index contributed by atoms with van der Waals surface area (Å²) < 4.78 is 0. The number of nitrogens with two attached hydrogens (primary N) is 1. The van der Waals surface area contributed by atoms with Crippen LogP contribution in [-0.2, 0) is 6.54 Å². The summed E-state index contributed by atoms with van der Waals surface area (Å²) in [6.45, 7) is 3.18. The SMILES string of the molecule is CCC(CSC)N(C)Cc1cnc(NN)s1. The first-order valence-electron chi connectivity index (χ1n) is 5.31. The van der Waals surface area contributed by atoms with Crippen molar-refractivity contribution in [2.24, 2.45) is 5.84 Å². The molecule has 0 saturated carbocycles. The second-order valence-corrected chi connectivity index (χ2v) is 5.73. The number of thiazole rings is 1. The lowest BCUT2D eigenvalue weighted by Gasteiger charge is -2.25. The molecule has 0 radical (unpaired) electrons. The molecule has 1 aromatic rings. The molecule has 92 valence electrons. The lowest BCUT2D eigenvalue weighted by Crippen LogP contribution is -2.32. The minimum absolute atomic E-state index is 0.631. The van der Waals surface area contributed by atoms with Crippen LogP contribution in [0.25, 0.3) is 0 Å². The number of hydrazine groups is 1. The molecule has 3 N–H and O–H groups in total. The third kappa shape index (κ3) is 3.93. The second-order valence-electron chi connectivity index (χ2n) is 3.71. The summed E-state index contributed by atoms with van der Waals surface area (Å²) in [5.41, 5.74) is 2.57. The van der Waals surface area contributed by atoms with Crippen molar-refractivity contribution in [3.63, 3.8) is 0 Å². The molecule has 0 bridgehead atoms. The van der Waals surface area contributed by atoms with Gasteiger partial charge in [-0.15, -0.1) is 0 Å². The van der Waals surface area contributed by atoms with Crippen molar-refractivity contribution in [2.45, 2.75) is 25.9 Å². The number of rotatable bonds is 7. The van der Waals surface area contributed by atoms with Crippen LogP contribution in [0.1, 0.15) is 18.2 Å². The Labute approximate surface area is 106 Å². The van der Waals surface area contributed by atoms with Gasteiger partial charge in [0, 0.05) is 29.4 Å². The van der Waals surface area contributed by atoms with E-state index in [2.05, 4.69) is 35.5 Å². The Balaban J connectivity index is 2.51. The van der Waals surface area contributed by atoms with E-state index in [0.29, 0.717) is 6.04 Å². The van der Waals surface area contributed by atoms with E-state index in [0.717, 1.165) is 11.7 Å². The minimum Gasteiger partial charge on any atom is -0.300 e. The molecule has 1 rings (SSSR count). The van der Waals surface area contributed by atoms with Gasteiger partial charge in [0.15, 0.2) is 5.13 Å². The number of hydrogen-bond acceptors (Lipinski definition) is 6. The van der Waals surface area contributed by atoms with Gasteiger partial charge in [-0.2, -0.15) is 11.8 Å². The largest absolute Gasteiger partial charge is 0.300 e. The van der Waals surface area contributed by atoms with Crippen LogP contribution in [0.3, 0.4) is 0 Å². The van der Waals surface area contributed by atoms with Crippen LogP contribution < -0.4 is 11.3 Å². The maximum atomic E-state index is 5.31. The average molecular weight is 260 g/mol. The summed E-state index contributed by atoms with van der Waals surface area (Å²) >= 11 is 3.51. The smallest absolute Gasteiger partial charge is 0.197 e. The molecular weight excluding hydrogens is 240 g/mol. The average Bonchev–Trinajstić information content (AvgIpc) is 2.73. The summed E-state index contributed by atoms with van der Waals surface area (Å²) in [6.07, 6.45) is 5.22. The molecule has 0 aliphatic carbocycles. The lowest BCUT2D eigenvalue weighted by atomic mass is 10.2. The van der Waals surface area contributed by atoms with E-state index < -0.39 is 0 Å². The normalized spacial score (nSPS) is 13.1. The third-order valence-corrected chi connectivity index (χ3v) is 4.17. The van der Waals surface area contributed by atoms with E-state index in [1.807, 2.05) is 18.0 Å². The lowest BCUT2D eigenvalue weighted by molar-refractivity contribution is 0.250. The number of aromatic nitrogens is 1. The zero-order valence-corrected chi connectivity index (χ0v) is 11.7. The molecule has 1 aromatic heterocycles. The van der Waals surface area contributed by atoms with Gasteiger partial charge >= 0.3 is 0 Å². The zero-order valence-electron chi connectivity index (χ0n) is 10.1. The maximum Gasteiger partial charge on any atom is 0.197 e. The molecule has 0 aliphatic heterocycles. The number of thioether (sulfide) groups is 1. The Morgan fingerprint density at radius 3 is 2.94 bits per heavy atom. The number of nitrogens with one attached hydrogen (secondary N) is 1. The van der Waals surface area contributed by atoms with Crippen LogP contribution >= 0.6 is 23.1 Å². The number of nitrogen functional groups attached to an aromatic ring is 1. The van der Waals surface area contributed by atoms with Crippen LogP contribution in [0.5, 0.6) is 0 Å². The van der Waals surface area contributed by atoms with Crippen LogP contribution in [0.2, 0.25) is 0 Å². The summed E-state index contributed by atoms with van der Waals surface area (Å²) in [5.74, 6) is 6.48. The van der Waals surface area contributed by atoms with Crippen molar-refractivity contribution in [2.75, 3.05) is 24.5 Å². The quantitative estimate of drug-likeness (QED) is 0.580. The van der Waals surface area contributed by atoms with Gasteiger partial charge in [0.25, 0.3) is 0 Å². The standard InChI is InChI=1S/C10H20N4S2/c1-4-8(7-15-3)14(2)6-9-5-12-10(13-11)16-9/h5,8H,4,6-7,11H2,1-3H3,(H,12,13). The second kappa shape index (κ2) is 7.11. The Bertz CT molecular complexity index is 303. The van der Waals surface area contributed by atoms with Crippen LogP contribution in [-0.4, -0.2) is 35.0 Å². The molecule has 6 heteroatoms. The van der Waals surface area contributed by atoms with Crippen molar-refractivity contribution in [1.82, 2.24) is 9.88 Å². The highest BCUT2D eigenvalue weighted by atomic mass is 32.2. The van der Waals surface area contributed by atoms with E-state index in [-0.39, 0.29) is 0 Å². The predicted molar refractivity (Wildman–Crippen MR) is 73.9 cm³/mol. The predicted octanol–water partition coefficient (Wildman–Crippen LogP) is 2.00. The first-order chi connectivity index (χ1) is 7.71. The van der Waals surface area contributed by atoms with E-state index in [1.165, 1.54) is 17.1 Å². The van der Waals surface area contributed by atoms with Crippen molar-refractivity contribution < 1.29 is 0 Å². The van der Waals surface area contributed by atoms with Crippen molar-refractivity contribution >= 4 is 28.2 Å². The molecule has 0 saturated heterocycles. The highest BCUT2D eigenvalue weighted by Gasteiger charge is 2.13. The summed E-state index contributed by atoms with van der Waals surface area (Å²) in [5, 5.41) is 0.779. The van der Waals surface area contributed by atoms with Gasteiger partial charge in [0.2, 0.25) is 0 Å². The summed E-state index contributed by atoms with van der Waals surface area (Å²) in [6, 6.07) is 0.631. The van der Waals surface area contributed by atoms with Crippen molar-refractivity contribution in [1.29, 1.82) is 0 Å². The molecule has 0 spiro atoms. The van der Waals surface area contributed by atoms with Gasteiger partial charge in [-0.3, -0.25) is 10.3 Å². The van der Waals surface area contributed by atoms with Gasteiger partial charge in [0.1, 0.15) is 0 Å². The molecule has 1 unspecified atom stereocenters. The Kier molecular flexibility index (Phi) is 6.12. The highest BCUT2D eigenvalue weighted by Crippen LogP contribution is 2.20. The zero-order chi connectivity index (χ0) is 12.0. The monoisotopic (exact) mass is 260 g/mol. The van der Waals surface area contributed by atoms with Crippen molar-refractivity contribution in [3.8, 4) is 0 Å². The molecule has 16 heavy (non-hydrogen) atoms. The molecule has 0 fully saturated rings. The van der Waals surface area contributed by atoms with Gasteiger partial charge in [0.05, 0.1) is 0 Å². The molecule has 0 aliphatic rings. The topological polar surface area (TPSA) is 54.2 Å². The highest BCUT2D eigenvalue weighted by molar-refractivity contribution is 7.98. The van der Waals surface area contributed by atoms with E-state index >= 15 is 0 Å². The Morgan fingerprint density at radius 2 is 2.44 bits per heavy atom. The maximum absolute atomic E-state index is 5.31. The van der Waals surface area contributed by atoms with E-state index in [4.69, 9.17) is 5.84 Å². The molecule has 4 nitrogen and oxygen atoms in total. The van der Waals surface area contributed by atoms with Crippen LogP contribution in [0.15, 0.2) is 6.20 Å². The number of nitrogens with zero attached hydrogens (tertiary/aromatic N) is 2. The first-order valence-corrected chi connectivity index (χ1v) is 7.52. The molecule has 0 aromatic carbocycles. The van der Waals surface area contributed by atoms with E-state index in [9.17, 15) is 0 Å². The number of anilines is 1. The van der Waals surface area contributed by atoms with Crippen LogP contribution in [0, 0.1) is 0 Å². The number of hydrogen-bond donors (Lipinski definition) is 2. The van der Waals surface area contributed by atoms with Gasteiger partial charge in [-0.25, -0.2) is 10.8 Å². The van der Waals surface area contributed by atoms with Gasteiger partial charge < -0.3 is 0 Å².